The number of amides is 1. The Morgan fingerprint density at radius 2 is 2.19 bits per heavy atom. The van der Waals surface area contributed by atoms with Gasteiger partial charge >= 0.3 is 0 Å². The van der Waals surface area contributed by atoms with Gasteiger partial charge in [0.1, 0.15) is 0 Å². The van der Waals surface area contributed by atoms with Gasteiger partial charge in [-0.25, -0.2) is 0 Å². The Labute approximate surface area is 134 Å². The quantitative estimate of drug-likeness (QED) is 0.922. The minimum Gasteiger partial charge on any atom is -0.459 e. The van der Waals surface area contributed by atoms with E-state index in [2.05, 4.69) is 5.32 Å². The van der Waals surface area contributed by atoms with Gasteiger partial charge in [-0.2, -0.15) is 0 Å². The Morgan fingerprint density at radius 3 is 2.90 bits per heavy atom. The molecule has 1 unspecified atom stereocenters. The molecule has 6 heteroatoms. The zero-order valence-corrected chi connectivity index (χ0v) is 12.9. The number of benzene rings is 1. The van der Waals surface area contributed by atoms with Crippen molar-refractivity contribution in [2.24, 2.45) is 0 Å². The first-order valence-electron chi connectivity index (χ1n) is 6.56. The smallest absolute Gasteiger partial charge is 0.290 e. The number of piperazine rings is 1. The molecule has 0 saturated carbocycles. The van der Waals surface area contributed by atoms with Crippen LogP contribution in [0.3, 0.4) is 0 Å². The molecular weight excluding hydrogens is 311 g/mol. The van der Waals surface area contributed by atoms with E-state index < -0.39 is 0 Å². The Morgan fingerprint density at radius 1 is 1.33 bits per heavy atom. The summed E-state index contributed by atoms with van der Waals surface area (Å²) >= 11 is 6.05. The van der Waals surface area contributed by atoms with E-state index in [9.17, 15) is 4.79 Å². The lowest BCUT2D eigenvalue weighted by molar-refractivity contribution is 0.0601. The summed E-state index contributed by atoms with van der Waals surface area (Å²) in [5.41, 5.74) is 1.03. The van der Waals surface area contributed by atoms with Crippen molar-refractivity contribution in [3.05, 3.63) is 59.0 Å². The number of rotatable bonds is 2. The Hall–Kier alpha value is -1.49. The SMILES string of the molecule is Cl.O=C(c1ccco1)N1CCNCC1c1cccc(Cl)c1. The summed E-state index contributed by atoms with van der Waals surface area (Å²) < 4.78 is 5.22. The van der Waals surface area contributed by atoms with Crippen LogP contribution in [0.15, 0.2) is 47.1 Å². The van der Waals surface area contributed by atoms with Gasteiger partial charge in [0, 0.05) is 24.7 Å². The molecular formula is C15H16Cl2N2O2. The predicted molar refractivity (Wildman–Crippen MR) is 84.1 cm³/mol. The van der Waals surface area contributed by atoms with Crippen molar-refractivity contribution in [3.8, 4) is 0 Å². The largest absolute Gasteiger partial charge is 0.459 e. The highest BCUT2D eigenvalue weighted by Gasteiger charge is 2.29. The molecule has 1 saturated heterocycles. The average Bonchev–Trinajstić information content (AvgIpc) is 3.01. The van der Waals surface area contributed by atoms with Gasteiger partial charge in [0.15, 0.2) is 5.76 Å². The molecule has 1 aliphatic heterocycles. The molecule has 1 fully saturated rings. The van der Waals surface area contributed by atoms with E-state index in [0.717, 1.165) is 12.1 Å². The standard InChI is InChI=1S/C15H15ClN2O2.ClH/c16-12-4-1-3-11(9-12)13-10-17-6-7-18(13)15(19)14-5-2-8-20-14;/h1-5,8-9,13,17H,6-7,10H2;1H. The maximum Gasteiger partial charge on any atom is 0.290 e. The highest BCUT2D eigenvalue weighted by atomic mass is 35.5. The Kier molecular flexibility index (Phi) is 5.28. The fourth-order valence-electron chi connectivity index (χ4n) is 2.50. The first-order chi connectivity index (χ1) is 9.75. The molecule has 0 bridgehead atoms. The van der Waals surface area contributed by atoms with E-state index in [1.807, 2.05) is 29.2 Å². The number of carbonyl (C=O) groups is 1. The van der Waals surface area contributed by atoms with Gasteiger partial charge in [0.25, 0.3) is 5.91 Å². The molecule has 0 spiro atoms. The van der Waals surface area contributed by atoms with Crippen LogP contribution in [0.5, 0.6) is 0 Å². The lowest BCUT2D eigenvalue weighted by Crippen LogP contribution is -2.48. The molecule has 1 aromatic carbocycles. The highest BCUT2D eigenvalue weighted by Crippen LogP contribution is 2.26. The number of furan rings is 1. The van der Waals surface area contributed by atoms with Crippen LogP contribution in [0.25, 0.3) is 0 Å². The third-order valence-corrected chi connectivity index (χ3v) is 3.70. The molecule has 3 rings (SSSR count). The number of hydrogen-bond donors (Lipinski definition) is 1. The van der Waals surface area contributed by atoms with Crippen LogP contribution in [0, 0.1) is 0 Å². The van der Waals surface area contributed by atoms with E-state index in [1.165, 1.54) is 6.26 Å². The molecule has 1 amide bonds. The maximum absolute atomic E-state index is 12.5. The molecule has 0 aliphatic carbocycles. The van der Waals surface area contributed by atoms with E-state index in [0.29, 0.717) is 23.9 Å². The fraction of sp³-hybridized carbons (Fsp3) is 0.267. The van der Waals surface area contributed by atoms with Crippen molar-refractivity contribution >= 4 is 29.9 Å². The molecule has 1 atom stereocenters. The zero-order valence-electron chi connectivity index (χ0n) is 11.3. The zero-order chi connectivity index (χ0) is 13.9. The topological polar surface area (TPSA) is 45.5 Å². The van der Waals surface area contributed by atoms with Gasteiger partial charge in [0.2, 0.25) is 0 Å². The minimum atomic E-state index is -0.0820. The van der Waals surface area contributed by atoms with E-state index >= 15 is 0 Å². The van der Waals surface area contributed by atoms with Crippen LogP contribution >= 0.6 is 24.0 Å². The molecule has 21 heavy (non-hydrogen) atoms. The van der Waals surface area contributed by atoms with Crippen molar-refractivity contribution in [2.75, 3.05) is 19.6 Å². The van der Waals surface area contributed by atoms with Gasteiger partial charge in [-0.15, -0.1) is 12.4 Å². The lowest BCUT2D eigenvalue weighted by Gasteiger charge is -2.36. The van der Waals surface area contributed by atoms with Crippen molar-refractivity contribution in [2.45, 2.75) is 6.04 Å². The molecule has 2 heterocycles. The normalized spacial score (nSPS) is 18.1. The summed E-state index contributed by atoms with van der Waals surface area (Å²) in [4.78, 5) is 14.3. The van der Waals surface area contributed by atoms with Crippen molar-refractivity contribution < 1.29 is 9.21 Å². The van der Waals surface area contributed by atoms with Crippen LogP contribution < -0.4 is 5.32 Å². The molecule has 1 N–H and O–H groups in total. The molecule has 112 valence electrons. The summed E-state index contributed by atoms with van der Waals surface area (Å²) in [6.45, 7) is 2.15. The maximum atomic E-state index is 12.5. The molecule has 1 aliphatic rings. The van der Waals surface area contributed by atoms with Gasteiger partial charge in [-0.3, -0.25) is 4.79 Å². The summed E-state index contributed by atoms with van der Waals surface area (Å²) in [7, 11) is 0. The van der Waals surface area contributed by atoms with Gasteiger partial charge < -0.3 is 14.6 Å². The first kappa shape index (κ1) is 15.9. The van der Waals surface area contributed by atoms with E-state index in [1.54, 1.807) is 12.1 Å². The summed E-state index contributed by atoms with van der Waals surface area (Å²) in [5, 5.41) is 3.99. The Bertz CT molecular complexity index is 601. The molecule has 4 nitrogen and oxygen atoms in total. The van der Waals surface area contributed by atoms with Crippen molar-refractivity contribution in [1.82, 2.24) is 10.2 Å². The predicted octanol–water partition coefficient (Wildman–Crippen LogP) is 3.14. The second-order valence-corrected chi connectivity index (χ2v) is 5.19. The highest BCUT2D eigenvalue weighted by molar-refractivity contribution is 6.30. The Balaban J connectivity index is 0.00000161. The van der Waals surface area contributed by atoms with Crippen LogP contribution in [0.4, 0.5) is 0 Å². The number of nitrogens with one attached hydrogen (secondary N) is 1. The molecule has 2 aromatic rings. The average molecular weight is 327 g/mol. The van der Waals surface area contributed by atoms with Gasteiger partial charge in [-0.1, -0.05) is 23.7 Å². The van der Waals surface area contributed by atoms with Crippen LogP contribution in [0.1, 0.15) is 22.2 Å². The molecule has 1 aromatic heterocycles. The van der Waals surface area contributed by atoms with Crippen molar-refractivity contribution in [1.29, 1.82) is 0 Å². The fourth-order valence-corrected chi connectivity index (χ4v) is 2.70. The van der Waals surface area contributed by atoms with Crippen LogP contribution in [0.2, 0.25) is 5.02 Å². The third kappa shape index (κ3) is 3.40. The summed E-state index contributed by atoms with van der Waals surface area (Å²) in [5.74, 6) is 0.292. The van der Waals surface area contributed by atoms with Crippen LogP contribution in [-0.4, -0.2) is 30.4 Å². The monoisotopic (exact) mass is 326 g/mol. The van der Waals surface area contributed by atoms with Gasteiger partial charge in [0.05, 0.1) is 12.3 Å². The number of hydrogen-bond acceptors (Lipinski definition) is 3. The van der Waals surface area contributed by atoms with E-state index in [-0.39, 0.29) is 24.4 Å². The number of halogens is 2. The van der Waals surface area contributed by atoms with Crippen LogP contribution in [-0.2, 0) is 0 Å². The second kappa shape index (κ2) is 6.98. The van der Waals surface area contributed by atoms with E-state index in [4.69, 9.17) is 16.0 Å². The minimum absolute atomic E-state index is 0. The molecule has 0 radical (unpaired) electrons. The third-order valence-electron chi connectivity index (χ3n) is 3.47. The lowest BCUT2D eigenvalue weighted by atomic mass is 10.0. The summed E-state index contributed by atoms with van der Waals surface area (Å²) in [6, 6.07) is 11.0. The summed E-state index contributed by atoms with van der Waals surface area (Å²) in [6.07, 6.45) is 1.52. The second-order valence-electron chi connectivity index (χ2n) is 4.75. The first-order valence-corrected chi connectivity index (χ1v) is 6.94. The van der Waals surface area contributed by atoms with Gasteiger partial charge in [-0.05, 0) is 29.8 Å². The van der Waals surface area contributed by atoms with Crippen molar-refractivity contribution in [3.63, 3.8) is 0 Å². The number of nitrogens with zero attached hydrogens (tertiary/aromatic N) is 1. The number of carbonyl (C=O) groups excluding carboxylic acids is 1.